The number of carboxylic acid groups (broad SMARTS) is 1. The highest BCUT2D eigenvalue weighted by Crippen LogP contribution is 2.35. The van der Waals surface area contributed by atoms with Crippen LogP contribution in [-0.2, 0) is 4.79 Å². The lowest BCUT2D eigenvalue weighted by molar-refractivity contribution is -0.148. The average molecular weight is 282 g/mol. The number of piperidine rings is 1. The van der Waals surface area contributed by atoms with E-state index in [0.717, 1.165) is 32.2 Å². The summed E-state index contributed by atoms with van der Waals surface area (Å²) < 4.78 is 0. The number of likely N-dealkylation sites (tertiary alicyclic amines) is 2. The third kappa shape index (κ3) is 2.38. The molecule has 0 aromatic rings. The monoisotopic (exact) mass is 282 g/mol. The Bertz CT molecular complexity index is 385. The summed E-state index contributed by atoms with van der Waals surface area (Å²) in [7, 11) is 0. The van der Waals surface area contributed by atoms with Crippen LogP contribution in [0.4, 0.5) is 4.79 Å². The van der Waals surface area contributed by atoms with Crippen LogP contribution in [0.5, 0.6) is 0 Å². The standard InChI is InChI=1S/C15H26N2O3/c1-3-12-8-5-6-10-16(12)14(20)17-11-7-9-15(17,4-2)13(18)19/h12H,3-11H2,1-2H3,(H,18,19). The highest BCUT2D eigenvalue weighted by molar-refractivity contribution is 5.87. The van der Waals surface area contributed by atoms with Crippen LogP contribution >= 0.6 is 0 Å². The normalized spacial score (nSPS) is 30.6. The fraction of sp³-hybridized carbons (Fsp3) is 0.867. The van der Waals surface area contributed by atoms with Crippen molar-refractivity contribution < 1.29 is 14.7 Å². The Morgan fingerprint density at radius 3 is 2.55 bits per heavy atom. The van der Waals surface area contributed by atoms with Gasteiger partial charge in [-0.1, -0.05) is 13.8 Å². The predicted octanol–water partition coefficient (Wildman–Crippen LogP) is 2.70. The van der Waals surface area contributed by atoms with Crippen LogP contribution in [0.15, 0.2) is 0 Å². The Labute approximate surface area is 120 Å². The van der Waals surface area contributed by atoms with Crippen molar-refractivity contribution in [2.75, 3.05) is 13.1 Å². The Morgan fingerprint density at radius 2 is 1.95 bits per heavy atom. The van der Waals surface area contributed by atoms with E-state index in [4.69, 9.17) is 0 Å². The molecule has 20 heavy (non-hydrogen) atoms. The lowest BCUT2D eigenvalue weighted by atomic mass is 9.93. The lowest BCUT2D eigenvalue weighted by Gasteiger charge is -2.42. The summed E-state index contributed by atoms with van der Waals surface area (Å²) >= 11 is 0. The Morgan fingerprint density at radius 1 is 1.20 bits per heavy atom. The van der Waals surface area contributed by atoms with Gasteiger partial charge in [0.15, 0.2) is 0 Å². The predicted molar refractivity (Wildman–Crippen MR) is 76.6 cm³/mol. The molecule has 2 heterocycles. The van der Waals surface area contributed by atoms with Crippen LogP contribution in [-0.4, -0.2) is 51.6 Å². The van der Waals surface area contributed by atoms with Crippen molar-refractivity contribution in [2.24, 2.45) is 0 Å². The lowest BCUT2D eigenvalue weighted by Crippen LogP contribution is -2.58. The number of carbonyl (C=O) groups is 2. The van der Waals surface area contributed by atoms with Gasteiger partial charge >= 0.3 is 12.0 Å². The number of aliphatic carboxylic acids is 1. The molecule has 2 fully saturated rings. The minimum absolute atomic E-state index is 0.0571. The zero-order valence-corrected chi connectivity index (χ0v) is 12.6. The summed E-state index contributed by atoms with van der Waals surface area (Å²) in [5, 5.41) is 9.59. The van der Waals surface area contributed by atoms with E-state index >= 15 is 0 Å². The zero-order valence-electron chi connectivity index (χ0n) is 12.6. The maximum absolute atomic E-state index is 12.8. The second kappa shape index (κ2) is 6.02. The summed E-state index contributed by atoms with van der Waals surface area (Å²) in [5.74, 6) is -0.851. The number of carboxylic acids is 1. The molecule has 0 aromatic heterocycles. The summed E-state index contributed by atoms with van der Waals surface area (Å²) in [6.45, 7) is 5.32. The van der Waals surface area contributed by atoms with Crippen molar-refractivity contribution in [1.82, 2.24) is 9.80 Å². The van der Waals surface area contributed by atoms with Crippen LogP contribution in [0, 0.1) is 0 Å². The molecule has 0 bridgehead atoms. The molecule has 5 nitrogen and oxygen atoms in total. The molecule has 0 spiro atoms. The Hall–Kier alpha value is -1.26. The van der Waals surface area contributed by atoms with Gasteiger partial charge in [-0.2, -0.15) is 0 Å². The number of carbonyl (C=O) groups excluding carboxylic acids is 1. The molecule has 2 saturated heterocycles. The van der Waals surface area contributed by atoms with Crippen LogP contribution in [0.1, 0.15) is 58.8 Å². The van der Waals surface area contributed by atoms with Gasteiger partial charge in [-0.25, -0.2) is 9.59 Å². The van der Waals surface area contributed by atoms with E-state index in [1.54, 1.807) is 4.90 Å². The van der Waals surface area contributed by atoms with Gasteiger partial charge in [0.2, 0.25) is 0 Å². The second-order valence-corrected chi connectivity index (χ2v) is 5.98. The summed E-state index contributed by atoms with van der Waals surface area (Å²) in [6.07, 6.45) is 6.04. The first-order valence-corrected chi connectivity index (χ1v) is 7.88. The molecule has 2 aliphatic heterocycles. The maximum Gasteiger partial charge on any atom is 0.329 e. The molecule has 0 aromatic carbocycles. The van der Waals surface area contributed by atoms with Crippen LogP contribution < -0.4 is 0 Å². The van der Waals surface area contributed by atoms with E-state index in [1.165, 1.54) is 6.42 Å². The average Bonchev–Trinajstić information content (AvgIpc) is 2.91. The number of rotatable bonds is 3. The minimum Gasteiger partial charge on any atom is -0.479 e. The van der Waals surface area contributed by atoms with E-state index in [0.29, 0.717) is 19.4 Å². The molecule has 1 N–H and O–H groups in total. The van der Waals surface area contributed by atoms with Crippen molar-refractivity contribution in [3.8, 4) is 0 Å². The summed E-state index contributed by atoms with van der Waals surface area (Å²) in [5.41, 5.74) is -0.979. The molecule has 0 radical (unpaired) electrons. The van der Waals surface area contributed by atoms with E-state index in [9.17, 15) is 14.7 Å². The number of urea groups is 1. The Balaban J connectivity index is 2.20. The van der Waals surface area contributed by atoms with Gasteiger partial charge in [-0.3, -0.25) is 0 Å². The van der Waals surface area contributed by atoms with Gasteiger partial charge in [0.25, 0.3) is 0 Å². The van der Waals surface area contributed by atoms with E-state index in [-0.39, 0.29) is 12.1 Å². The first-order chi connectivity index (χ1) is 9.56. The van der Waals surface area contributed by atoms with Crippen molar-refractivity contribution in [2.45, 2.75) is 70.4 Å². The number of amides is 2. The minimum atomic E-state index is -0.979. The SMILES string of the molecule is CCC1CCCCN1C(=O)N1CCCC1(CC)C(=O)O. The van der Waals surface area contributed by atoms with E-state index in [2.05, 4.69) is 6.92 Å². The van der Waals surface area contributed by atoms with Gasteiger partial charge in [-0.15, -0.1) is 0 Å². The smallest absolute Gasteiger partial charge is 0.329 e. The largest absolute Gasteiger partial charge is 0.479 e. The Kier molecular flexibility index (Phi) is 4.55. The fourth-order valence-corrected chi connectivity index (χ4v) is 3.73. The molecule has 2 unspecified atom stereocenters. The van der Waals surface area contributed by atoms with Gasteiger partial charge in [0.05, 0.1) is 0 Å². The summed E-state index contributed by atoms with van der Waals surface area (Å²) in [6, 6.07) is 0.221. The maximum atomic E-state index is 12.8. The number of nitrogens with zero attached hydrogens (tertiary/aromatic N) is 2. The third-order valence-electron chi connectivity index (χ3n) is 5.05. The molecule has 2 atom stereocenters. The van der Waals surface area contributed by atoms with Crippen LogP contribution in [0.3, 0.4) is 0 Å². The van der Waals surface area contributed by atoms with E-state index in [1.807, 2.05) is 11.8 Å². The molecule has 0 aliphatic carbocycles. The van der Waals surface area contributed by atoms with E-state index < -0.39 is 11.5 Å². The van der Waals surface area contributed by atoms with Crippen molar-refractivity contribution >= 4 is 12.0 Å². The molecule has 2 rings (SSSR count). The first-order valence-electron chi connectivity index (χ1n) is 7.88. The van der Waals surface area contributed by atoms with Crippen LogP contribution in [0.25, 0.3) is 0 Å². The van der Waals surface area contributed by atoms with Gasteiger partial charge in [-0.05, 0) is 44.9 Å². The molecule has 2 amide bonds. The molecule has 0 saturated carbocycles. The van der Waals surface area contributed by atoms with Crippen molar-refractivity contribution in [3.63, 3.8) is 0 Å². The fourth-order valence-electron chi connectivity index (χ4n) is 3.73. The highest BCUT2D eigenvalue weighted by atomic mass is 16.4. The number of hydrogen-bond donors (Lipinski definition) is 1. The highest BCUT2D eigenvalue weighted by Gasteiger charge is 2.50. The number of hydrogen-bond acceptors (Lipinski definition) is 2. The van der Waals surface area contributed by atoms with Gasteiger partial charge < -0.3 is 14.9 Å². The first kappa shape index (κ1) is 15.1. The quantitative estimate of drug-likeness (QED) is 0.865. The molecule has 5 heteroatoms. The molecule has 114 valence electrons. The molecular formula is C15H26N2O3. The molecular weight excluding hydrogens is 256 g/mol. The topological polar surface area (TPSA) is 60.9 Å². The summed E-state index contributed by atoms with van der Waals surface area (Å²) in [4.78, 5) is 28.1. The van der Waals surface area contributed by atoms with Crippen molar-refractivity contribution in [3.05, 3.63) is 0 Å². The third-order valence-corrected chi connectivity index (χ3v) is 5.05. The van der Waals surface area contributed by atoms with Gasteiger partial charge in [0.1, 0.15) is 5.54 Å². The molecule has 2 aliphatic rings. The van der Waals surface area contributed by atoms with Crippen molar-refractivity contribution in [1.29, 1.82) is 0 Å². The zero-order chi connectivity index (χ0) is 14.8. The van der Waals surface area contributed by atoms with Gasteiger partial charge in [0, 0.05) is 19.1 Å². The second-order valence-electron chi connectivity index (χ2n) is 5.98. The van der Waals surface area contributed by atoms with Crippen LogP contribution in [0.2, 0.25) is 0 Å².